The maximum atomic E-state index is 12.8. The van der Waals surface area contributed by atoms with Crippen molar-refractivity contribution in [1.29, 1.82) is 0 Å². The van der Waals surface area contributed by atoms with E-state index in [1.54, 1.807) is 12.4 Å². The van der Waals surface area contributed by atoms with Gasteiger partial charge >= 0.3 is 0 Å². The molecule has 4 rings (SSSR count). The molecule has 3 heterocycles. The highest BCUT2D eigenvalue weighted by Gasteiger charge is 2.29. The van der Waals surface area contributed by atoms with Crippen LogP contribution in [-0.4, -0.2) is 43.4 Å². The van der Waals surface area contributed by atoms with Gasteiger partial charge < -0.3 is 9.47 Å². The monoisotopic (exact) mass is 325 g/mol. The van der Waals surface area contributed by atoms with Gasteiger partial charge in [0.1, 0.15) is 11.6 Å². The highest BCUT2D eigenvalue weighted by atomic mass is 16.2. The molecule has 1 amide bonds. The third-order valence-electron chi connectivity index (χ3n) is 4.97. The summed E-state index contributed by atoms with van der Waals surface area (Å²) in [4.78, 5) is 28.1. The van der Waals surface area contributed by atoms with Crippen molar-refractivity contribution >= 4 is 5.91 Å². The molecule has 1 atom stereocenters. The number of imidazole rings is 1. The molecule has 0 unspecified atom stereocenters. The molecule has 2 aromatic heterocycles. The van der Waals surface area contributed by atoms with Crippen LogP contribution in [0.5, 0.6) is 0 Å². The molecule has 0 spiro atoms. The molecule has 0 bridgehead atoms. The molecule has 0 N–H and O–H groups in total. The first-order valence-corrected chi connectivity index (χ1v) is 8.73. The minimum atomic E-state index is 0.0352. The van der Waals surface area contributed by atoms with Crippen LogP contribution >= 0.6 is 0 Å². The number of hydrogen-bond acceptors (Lipinski definition) is 4. The van der Waals surface area contributed by atoms with E-state index in [0.29, 0.717) is 23.9 Å². The van der Waals surface area contributed by atoms with Crippen molar-refractivity contribution in [3.63, 3.8) is 0 Å². The zero-order chi connectivity index (χ0) is 16.7. The van der Waals surface area contributed by atoms with Gasteiger partial charge in [0.2, 0.25) is 0 Å². The average Bonchev–Trinajstić information content (AvgIpc) is 3.39. The minimum absolute atomic E-state index is 0.0352. The number of rotatable bonds is 3. The van der Waals surface area contributed by atoms with Crippen LogP contribution in [0.15, 0.2) is 18.6 Å². The lowest BCUT2D eigenvalue weighted by Gasteiger charge is -2.32. The SMILES string of the molecule is Cc1cn(C)c([C@H]2CCCN(C(=O)c3cnc(C4CC4)nc3)C2)n1. The van der Waals surface area contributed by atoms with E-state index in [-0.39, 0.29) is 5.91 Å². The molecule has 1 aliphatic carbocycles. The molecule has 2 aliphatic rings. The number of nitrogens with zero attached hydrogens (tertiary/aromatic N) is 5. The van der Waals surface area contributed by atoms with Crippen molar-refractivity contribution in [3.8, 4) is 0 Å². The van der Waals surface area contributed by atoms with Crippen LogP contribution in [0.25, 0.3) is 0 Å². The standard InChI is InChI=1S/C18H23N5O/c1-12-10-22(2)17(21-12)14-4-3-7-23(11-14)18(24)15-8-19-16(20-9-15)13-5-6-13/h8-10,13-14H,3-7,11H2,1-2H3/t14-/m0/s1. The molecule has 0 aromatic carbocycles. The normalized spacial score (nSPS) is 21.1. The highest BCUT2D eigenvalue weighted by Crippen LogP contribution is 2.37. The number of likely N-dealkylation sites (tertiary alicyclic amines) is 1. The lowest BCUT2D eigenvalue weighted by Crippen LogP contribution is -2.39. The van der Waals surface area contributed by atoms with Gasteiger partial charge in [-0.3, -0.25) is 4.79 Å². The smallest absolute Gasteiger partial charge is 0.257 e. The second kappa shape index (κ2) is 6.00. The fourth-order valence-electron chi connectivity index (χ4n) is 3.57. The Hall–Kier alpha value is -2.24. The van der Waals surface area contributed by atoms with E-state index in [2.05, 4.69) is 19.5 Å². The Labute approximate surface area is 141 Å². The van der Waals surface area contributed by atoms with E-state index in [1.165, 1.54) is 12.8 Å². The van der Waals surface area contributed by atoms with Gasteiger partial charge in [-0.1, -0.05) is 0 Å². The van der Waals surface area contributed by atoms with Crippen molar-refractivity contribution < 1.29 is 4.79 Å². The van der Waals surface area contributed by atoms with Crippen molar-refractivity contribution in [2.24, 2.45) is 7.05 Å². The topological polar surface area (TPSA) is 63.9 Å². The van der Waals surface area contributed by atoms with Crippen LogP contribution in [0.2, 0.25) is 0 Å². The summed E-state index contributed by atoms with van der Waals surface area (Å²) in [6.45, 7) is 3.52. The Balaban J connectivity index is 1.48. The third kappa shape index (κ3) is 2.92. The largest absolute Gasteiger partial charge is 0.338 e. The molecule has 6 heteroatoms. The Bertz CT molecular complexity index is 747. The number of aryl methyl sites for hydroxylation is 2. The summed E-state index contributed by atoms with van der Waals surface area (Å²) in [6, 6.07) is 0. The molecule has 24 heavy (non-hydrogen) atoms. The number of carbonyl (C=O) groups is 1. The van der Waals surface area contributed by atoms with Crippen molar-refractivity contribution in [1.82, 2.24) is 24.4 Å². The van der Waals surface area contributed by atoms with E-state index in [0.717, 1.165) is 36.7 Å². The van der Waals surface area contributed by atoms with Gasteiger partial charge in [0.15, 0.2) is 0 Å². The van der Waals surface area contributed by atoms with Gasteiger partial charge in [0.05, 0.1) is 11.3 Å². The summed E-state index contributed by atoms with van der Waals surface area (Å²) in [7, 11) is 2.03. The quantitative estimate of drug-likeness (QED) is 0.869. The summed E-state index contributed by atoms with van der Waals surface area (Å²) in [6.07, 6.45) is 9.85. The second-order valence-corrected chi connectivity index (χ2v) is 7.05. The average molecular weight is 325 g/mol. The third-order valence-corrected chi connectivity index (χ3v) is 4.97. The Morgan fingerprint density at radius 3 is 2.54 bits per heavy atom. The number of hydrogen-bond donors (Lipinski definition) is 0. The number of aromatic nitrogens is 4. The molecule has 0 radical (unpaired) electrons. The molecular weight excluding hydrogens is 302 g/mol. The van der Waals surface area contributed by atoms with Crippen molar-refractivity contribution in [2.75, 3.05) is 13.1 Å². The maximum Gasteiger partial charge on any atom is 0.257 e. The predicted octanol–water partition coefficient (Wildman–Crippen LogP) is 2.42. The zero-order valence-corrected chi connectivity index (χ0v) is 14.3. The molecule has 1 aliphatic heterocycles. The van der Waals surface area contributed by atoms with Gasteiger partial charge in [-0.2, -0.15) is 0 Å². The van der Waals surface area contributed by atoms with Gasteiger partial charge in [-0.05, 0) is 32.6 Å². The van der Waals surface area contributed by atoms with E-state index in [9.17, 15) is 4.79 Å². The molecule has 6 nitrogen and oxygen atoms in total. The minimum Gasteiger partial charge on any atom is -0.338 e. The molecule has 2 fully saturated rings. The van der Waals surface area contributed by atoms with E-state index in [1.807, 2.05) is 25.1 Å². The first kappa shape index (κ1) is 15.3. The summed E-state index contributed by atoms with van der Waals surface area (Å²) in [5, 5.41) is 0. The number of amides is 1. The fourth-order valence-corrected chi connectivity index (χ4v) is 3.57. The first-order chi connectivity index (χ1) is 11.6. The van der Waals surface area contributed by atoms with Crippen LogP contribution in [0.4, 0.5) is 0 Å². The van der Waals surface area contributed by atoms with Gasteiger partial charge in [0.25, 0.3) is 5.91 Å². The summed E-state index contributed by atoms with van der Waals surface area (Å²) in [5.74, 6) is 2.80. The lowest BCUT2D eigenvalue weighted by molar-refractivity contribution is 0.0702. The van der Waals surface area contributed by atoms with Crippen LogP contribution in [0.3, 0.4) is 0 Å². The van der Waals surface area contributed by atoms with Gasteiger partial charge in [-0.15, -0.1) is 0 Å². The zero-order valence-electron chi connectivity index (χ0n) is 14.3. The maximum absolute atomic E-state index is 12.8. The Morgan fingerprint density at radius 1 is 1.17 bits per heavy atom. The van der Waals surface area contributed by atoms with E-state index >= 15 is 0 Å². The molecular formula is C18H23N5O. The van der Waals surface area contributed by atoms with E-state index < -0.39 is 0 Å². The molecule has 2 aromatic rings. The Morgan fingerprint density at radius 2 is 1.92 bits per heavy atom. The van der Waals surface area contributed by atoms with Gasteiger partial charge in [-0.25, -0.2) is 15.0 Å². The van der Waals surface area contributed by atoms with Crippen molar-refractivity contribution in [2.45, 2.75) is 44.4 Å². The summed E-state index contributed by atoms with van der Waals surface area (Å²) in [5.41, 5.74) is 1.62. The molecule has 1 saturated carbocycles. The highest BCUT2D eigenvalue weighted by molar-refractivity contribution is 5.93. The van der Waals surface area contributed by atoms with Crippen LogP contribution < -0.4 is 0 Å². The van der Waals surface area contributed by atoms with Gasteiger partial charge in [0, 0.05) is 50.6 Å². The summed E-state index contributed by atoms with van der Waals surface area (Å²) >= 11 is 0. The van der Waals surface area contributed by atoms with Crippen LogP contribution in [0.1, 0.15) is 65.2 Å². The molecule has 1 saturated heterocycles. The summed E-state index contributed by atoms with van der Waals surface area (Å²) < 4.78 is 2.08. The number of carbonyl (C=O) groups excluding carboxylic acids is 1. The Kier molecular flexibility index (Phi) is 3.82. The van der Waals surface area contributed by atoms with Crippen molar-refractivity contribution in [3.05, 3.63) is 41.5 Å². The first-order valence-electron chi connectivity index (χ1n) is 8.73. The van der Waals surface area contributed by atoms with Crippen LogP contribution in [-0.2, 0) is 7.05 Å². The second-order valence-electron chi connectivity index (χ2n) is 7.05. The number of piperidine rings is 1. The fraction of sp³-hybridized carbons (Fsp3) is 0.556. The molecule has 126 valence electrons. The van der Waals surface area contributed by atoms with E-state index in [4.69, 9.17) is 0 Å². The lowest BCUT2D eigenvalue weighted by atomic mass is 9.96. The predicted molar refractivity (Wildman–Crippen MR) is 89.8 cm³/mol. The van der Waals surface area contributed by atoms with Crippen LogP contribution in [0, 0.1) is 6.92 Å².